The summed E-state index contributed by atoms with van der Waals surface area (Å²) >= 11 is 0. The van der Waals surface area contributed by atoms with E-state index in [1.54, 1.807) is 0 Å². The molecule has 4 aliphatic carbocycles. The van der Waals surface area contributed by atoms with Gasteiger partial charge in [-0.05, 0) is 57.8 Å². The molecule has 4 bridgehead atoms. The summed E-state index contributed by atoms with van der Waals surface area (Å²) in [6.07, 6.45) is 2.18. The van der Waals surface area contributed by atoms with Crippen LogP contribution in [0.15, 0.2) is 0 Å². The molecule has 4 fully saturated rings. The number of aliphatic hydroxyl groups is 1. The molecule has 6 atom stereocenters. The van der Waals surface area contributed by atoms with E-state index in [9.17, 15) is 14.7 Å². The van der Waals surface area contributed by atoms with E-state index >= 15 is 0 Å². The Labute approximate surface area is 126 Å². The Kier molecular flexibility index (Phi) is 2.93. The summed E-state index contributed by atoms with van der Waals surface area (Å²) in [5.74, 6) is 0.384. The lowest BCUT2D eigenvalue weighted by molar-refractivity contribution is -0.178. The zero-order valence-electron chi connectivity index (χ0n) is 13.6. The first kappa shape index (κ1) is 15.0. The Bertz CT molecular complexity index is 505. The van der Waals surface area contributed by atoms with Gasteiger partial charge in [-0.3, -0.25) is 9.59 Å². The second kappa shape index (κ2) is 4.09. The highest BCUT2D eigenvalue weighted by molar-refractivity contribution is 5.95. The SMILES string of the molecule is COC(=O)[C@@]1(C)C[C@H]2[C@H]3C[C@@H]1C(=O)[C@]2(C)CC3C(C)(C)O. The van der Waals surface area contributed by atoms with Crippen molar-refractivity contribution >= 4 is 11.8 Å². The first-order valence-electron chi connectivity index (χ1n) is 7.91. The Morgan fingerprint density at radius 2 is 1.95 bits per heavy atom. The summed E-state index contributed by atoms with van der Waals surface area (Å²) in [6, 6.07) is 0. The van der Waals surface area contributed by atoms with Crippen molar-refractivity contribution in [2.45, 2.75) is 52.6 Å². The second-order valence-electron chi connectivity index (χ2n) is 8.42. The van der Waals surface area contributed by atoms with E-state index < -0.39 is 11.0 Å². The van der Waals surface area contributed by atoms with E-state index in [1.807, 2.05) is 27.7 Å². The average molecular weight is 294 g/mol. The van der Waals surface area contributed by atoms with Crippen molar-refractivity contribution in [2.75, 3.05) is 7.11 Å². The Balaban J connectivity index is 2.02. The van der Waals surface area contributed by atoms with E-state index in [0.717, 1.165) is 12.8 Å². The number of hydrogen-bond donors (Lipinski definition) is 1. The van der Waals surface area contributed by atoms with Crippen LogP contribution in [0.2, 0.25) is 0 Å². The van der Waals surface area contributed by atoms with Crippen LogP contribution in [0.5, 0.6) is 0 Å². The molecule has 0 aliphatic heterocycles. The zero-order valence-corrected chi connectivity index (χ0v) is 13.6. The molecule has 21 heavy (non-hydrogen) atoms. The van der Waals surface area contributed by atoms with Crippen molar-refractivity contribution in [1.29, 1.82) is 0 Å². The first-order chi connectivity index (χ1) is 9.55. The van der Waals surface area contributed by atoms with Gasteiger partial charge in [0.25, 0.3) is 0 Å². The number of carbonyl (C=O) groups is 2. The number of ether oxygens (including phenoxy) is 1. The van der Waals surface area contributed by atoms with Crippen molar-refractivity contribution < 1.29 is 19.4 Å². The molecule has 0 aromatic heterocycles. The molecule has 1 N–H and O–H groups in total. The number of rotatable bonds is 2. The Morgan fingerprint density at radius 3 is 2.48 bits per heavy atom. The topological polar surface area (TPSA) is 63.6 Å². The van der Waals surface area contributed by atoms with Crippen molar-refractivity contribution in [3.63, 3.8) is 0 Å². The average Bonchev–Trinajstić information content (AvgIpc) is 2.63. The summed E-state index contributed by atoms with van der Waals surface area (Å²) in [6.45, 7) is 7.62. The number of ketones is 1. The number of hydrogen-bond acceptors (Lipinski definition) is 4. The van der Waals surface area contributed by atoms with Gasteiger partial charge in [-0.25, -0.2) is 0 Å². The summed E-state index contributed by atoms with van der Waals surface area (Å²) in [5, 5.41) is 10.5. The lowest BCUT2D eigenvalue weighted by Crippen LogP contribution is -2.59. The summed E-state index contributed by atoms with van der Waals surface area (Å²) in [4.78, 5) is 25.2. The quantitative estimate of drug-likeness (QED) is 0.793. The lowest BCUT2D eigenvalue weighted by atomic mass is 9.47. The van der Waals surface area contributed by atoms with Gasteiger partial charge in [-0.15, -0.1) is 0 Å². The molecule has 1 unspecified atom stereocenters. The highest BCUT2D eigenvalue weighted by Crippen LogP contribution is 2.69. The maximum Gasteiger partial charge on any atom is 0.312 e. The van der Waals surface area contributed by atoms with Gasteiger partial charge >= 0.3 is 5.97 Å². The van der Waals surface area contributed by atoms with Gasteiger partial charge in [-0.1, -0.05) is 6.92 Å². The smallest absolute Gasteiger partial charge is 0.312 e. The van der Waals surface area contributed by atoms with Gasteiger partial charge in [0.1, 0.15) is 5.78 Å². The monoisotopic (exact) mass is 294 g/mol. The van der Waals surface area contributed by atoms with E-state index in [2.05, 4.69) is 0 Å². The number of fused-ring (bicyclic) bond motifs is 1. The summed E-state index contributed by atoms with van der Waals surface area (Å²) in [7, 11) is 1.40. The van der Waals surface area contributed by atoms with Crippen LogP contribution in [0.1, 0.15) is 47.0 Å². The fourth-order valence-corrected chi connectivity index (χ4v) is 5.66. The molecule has 4 aliphatic rings. The van der Waals surface area contributed by atoms with Gasteiger partial charge in [0.2, 0.25) is 0 Å². The molecule has 4 saturated carbocycles. The molecule has 4 nitrogen and oxygen atoms in total. The number of carbonyl (C=O) groups excluding carboxylic acids is 2. The van der Waals surface area contributed by atoms with Crippen LogP contribution in [0, 0.1) is 34.5 Å². The molecule has 0 aromatic carbocycles. The van der Waals surface area contributed by atoms with Crippen LogP contribution in [-0.4, -0.2) is 29.6 Å². The molecule has 0 saturated heterocycles. The molecule has 0 radical (unpaired) electrons. The third kappa shape index (κ3) is 1.71. The van der Waals surface area contributed by atoms with E-state index in [0.29, 0.717) is 12.3 Å². The highest BCUT2D eigenvalue weighted by Gasteiger charge is 2.71. The molecule has 0 spiro atoms. The molecule has 0 heterocycles. The third-order valence-corrected chi connectivity index (χ3v) is 6.86. The Hall–Kier alpha value is -0.900. The normalized spacial score (nSPS) is 48.6. The van der Waals surface area contributed by atoms with Crippen molar-refractivity contribution in [2.24, 2.45) is 34.5 Å². The molecule has 4 heteroatoms. The van der Waals surface area contributed by atoms with Crippen LogP contribution in [0.4, 0.5) is 0 Å². The van der Waals surface area contributed by atoms with Gasteiger partial charge in [-0.2, -0.15) is 0 Å². The Morgan fingerprint density at radius 1 is 1.33 bits per heavy atom. The lowest BCUT2D eigenvalue weighted by Gasteiger charge is -2.55. The van der Waals surface area contributed by atoms with Gasteiger partial charge in [0.05, 0.1) is 18.1 Å². The third-order valence-electron chi connectivity index (χ3n) is 6.86. The molecule has 0 aromatic rings. The van der Waals surface area contributed by atoms with Crippen LogP contribution in [0.25, 0.3) is 0 Å². The summed E-state index contributed by atoms with van der Waals surface area (Å²) in [5.41, 5.74) is -1.82. The largest absolute Gasteiger partial charge is 0.469 e. The van der Waals surface area contributed by atoms with Gasteiger partial charge in [0, 0.05) is 11.3 Å². The predicted octanol–water partition coefficient (Wildman–Crippen LogP) is 2.19. The highest BCUT2D eigenvalue weighted by atomic mass is 16.5. The van der Waals surface area contributed by atoms with Crippen molar-refractivity contribution in [3.8, 4) is 0 Å². The van der Waals surface area contributed by atoms with Crippen LogP contribution in [-0.2, 0) is 14.3 Å². The number of Topliss-reactive ketones (excluding diaryl/α,β-unsaturated/α-hetero) is 1. The van der Waals surface area contributed by atoms with Crippen molar-refractivity contribution in [3.05, 3.63) is 0 Å². The minimum absolute atomic E-state index is 0.142. The maximum absolute atomic E-state index is 13.0. The van der Waals surface area contributed by atoms with E-state index in [4.69, 9.17) is 4.74 Å². The van der Waals surface area contributed by atoms with Crippen molar-refractivity contribution in [1.82, 2.24) is 0 Å². The van der Waals surface area contributed by atoms with Crippen LogP contribution in [0.3, 0.4) is 0 Å². The predicted molar refractivity (Wildman–Crippen MR) is 77.3 cm³/mol. The zero-order chi connectivity index (χ0) is 15.8. The molecule has 4 rings (SSSR count). The van der Waals surface area contributed by atoms with E-state index in [-0.39, 0.29) is 34.9 Å². The minimum Gasteiger partial charge on any atom is -0.469 e. The minimum atomic E-state index is -0.769. The maximum atomic E-state index is 13.0. The molecular formula is C17H26O4. The fraction of sp³-hybridized carbons (Fsp3) is 0.882. The number of methoxy groups -OCH3 is 1. The van der Waals surface area contributed by atoms with Gasteiger partial charge in [0.15, 0.2) is 0 Å². The standard InChI is InChI=1S/C17H26O4/c1-15(2,20)11-7-16(3)12-8-17(4,14(19)21-5)10(13(16)18)6-9(11)12/h9-12,20H,6-8H2,1-5H3/t9-,10+,11?,12-,16+,17-/m0/s1. The first-order valence-corrected chi connectivity index (χ1v) is 7.91. The fourth-order valence-electron chi connectivity index (χ4n) is 5.66. The molecule has 0 amide bonds. The molecule has 118 valence electrons. The summed E-state index contributed by atoms with van der Waals surface area (Å²) < 4.78 is 4.97. The van der Waals surface area contributed by atoms with E-state index in [1.165, 1.54) is 7.11 Å². The molecular weight excluding hydrogens is 268 g/mol. The number of esters is 1. The van der Waals surface area contributed by atoms with Gasteiger partial charge < -0.3 is 9.84 Å². The van der Waals surface area contributed by atoms with Crippen LogP contribution < -0.4 is 0 Å². The van der Waals surface area contributed by atoms with Crippen LogP contribution >= 0.6 is 0 Å². The second-order valence-corrected chi connectivity index (χ2v) is 8.42.